The van der Waals surface area contributed by atoms with E-state index in [1.165, 1.54) is 19.1 Å². The van der Waals surface area contributed by atoms with Gasteiger partial charge in [0.2, 0.25) is 5.91 Å². The van der Waals surface area contributed by atoms with Crippen molar-refractivity contribution in [3.05, 3.63) is 54.1 Å². The van der Waals surface area contributed by atoms with Gasteiger partial charge in [0, 0.05) is 24.4 Å². The molecule has 0 aliphatic carbocycles. The molecule has 0 aliphatic heterocycles. The van der Waals surface area contributed by atoms with E-state index in [0.29, 0.717) is 11.4 Å². The van der Waals surface area contributed by atoms with Crippen molar-refractivity contribution in [1.82, 2.24) is 0 Å². The van der Waals surface area contributed by atoms with Crippen LogP contribution in [0.4, 0.5) is 25.8 Å². The molecule has 0 aliphatic rings. The summed E-state index contributed by atoms with van der Waals surface area (Å²) < 4.78 is 26.3. The lowest BCUT2D eigenvalue weighted by Gasteiger charge is -2.09. The lowest BCUT2D eigenvalue weighted by molar-refractivity contribution is -0.114. The van der Waals surface area contributed by atoms with Gasteiger partial charge in [-0.05, 0) is 30.3 Å². The van der Waals surface area contributed by atoms with Gasteiger partial charge < -0.3 is 10.6 Å². The lowest BCUT2D eigenvalue weighted by Crippen LogP contribution is -2.05. The highest BCUT2D eigenvalue weighted by Crippen LogP contribution is 2.22. The fourth-order valence-corrected chi connectivity index (χ4v) is 1.62. The van der Waals surface area contributed by atoms with E-state index < -0.39 is 11.6 Å². The van der Waals surface area contributed by atoms with Crippen LogP contribution in [0.25, 0.3) is 0 Å². The third-order valence-electron chi connectivity index (χ3n) is 2.39. The molecular weight excluding hydrogens is 250 g/mol. The number of halogens is 2. The van der Waals surface area contributed by atoms with Gasteiger partial charge in [-0.2, -0.15) is 0 Å². The van der Waals surface area contributed by atoms with Crippen LogP contribution < -0.4 is 10.6 Å². The zero-order valence-electron chi connectivity index (χ0n) is 10.2. The van der Waals surface area contributed by atoms with Gasteiger partial charge >= 0.3 is 0 Å². The summed E-state index contributed by atoms with van der Waals surface area (Å²) in [5.41, 5.74) is 1.36. The Kier molecular flexibility index (Phi) is 3.75. The summed E-state index contributed by atoms with van der Waals surface area (Å²) >= 11 is 0. The van der Waals surface area contributed by atoms with Crippen molar-refractivity contribution in [3.8, 4) is 0 Å². The summed E-state index contributed by atoms with van der Waals surface area (Å²) in [4.78, 5) is 10.9. The van der Waals surface area contributed by atoms with Gasteiger partial charge in [-0.3, -0.25) is 4.79 Å². The first-order valence-electron chi connectivity index (χ1n) is 5.64. The first-order valence-corrected chi connectivity index (χ1v) is 5.64. The van der Waals surface area contributed by atoms with Crippen molar-refractivity contribution >= 4 is 23.0 Å². The molecule has 0 atom stereocenters. The number of hydrogen-bond donors (Lipinski definition) is 2. The van der Waals surface area contributed by atoms with Gasteiger partial charge in [0.05, 0.1) is 5.69 Å². The summed E-state index contributed by atoms with van der Waals surface area (Å²) in [5, 5.41) is 5.44. The monoisotopic (exact) mass is 262 g/mol. The summed E-state index contributed by atoms with van der Waals surface area (Å²) in [5.74, 6) is -1.50. The minimum absolute atomic E-state index is 0.168. The largest absolute Gasteiger partial charge is 0.353 e. The minimum atomic E-state index is -0.676. The van der Waals surface area contributed by atoms with Gasteiger partial charge in [0.1, 0.15) is 11.6 Å². The van der Waals surface area contributed by atoms with Crippen LogP contribution in [0.15, 0.2) is 42.5 Å². The van der Waals surface area contributed by atoms with E-state index >= 15 is 0 Å². The summed E-state index contributed by atoms with van der Waals surface area (Å²) in [7, 11) is 0. The van der Waals surface area contributed by atoms with Crippen LogP contribution in [0.1, 0.15) is 6.92 Å². The van der Waals surface area contributed by atoms with Crippen molar-refractivity contribution in [2.75, 3.05) is 10.6 Å². The van der Waals surface area contributed by atoms with Crippen molar-refractivity contribution in [3.63, 3.8) is 0 Å². The molecule has 1 amide bonds. The van der Waals surface area contributed by atoms with E-state index in [2.05, 4.69) is 10.6 Å². The van der Waals surface area contributed by atoms with E-state index in [1.807, 2.05) is 0 Å². The maximum Gasteiger partial charge on any atom is 0.221 e. The van der Waals surface area contributed by atoms with Crippen LogP contribution in [-0.4, -0.2) is 5.91 Å². The predicted molar refractivity (Wildman–Crippen MR) is 70.4 cm³/mol. The van der Waals surface area contributed by atoms with E-state index in [9.17, 15) is 13.6 Å². The summed E-state index contributed by atoms with van der Waals surface area (Å²) in [6.07, 6.45) is 0. The van der Waals surface area contributed by atoms with Crippen LogP contribution in [0.5, 0.6) is 0 Å². The molecule has 19 heavy (non-hydrogen) atoms. The average Bonchev–Trinajstić information content (AvgIpc) is 2.32. The fraction of sp³-hybridized carbons (Fsp3) is 0.0714. The highest BCUT2D eigenvalue weighted by molar-refractivity contribution is 5.89. The molecule has 0 heterocycles. The third-order valence-corrected chi connectivity index (χ3v) is 2.39. The van der Waals surface area contributed by atoms with Crippen LogP contribution in [0.2, 0.25) is 0 Å². The molecule has 0 aromatic heterocycles. The molecule has 0 fully saturated rings. The number of amides is 1. The van der Waals surface area contributed by atoms with Crippen molar-refractivity contribution in [2.45, 2.75) is 6.92 Å². The van der Waals surface area contributed by atoms with Crippen LogP contribution >= 0.6 is 0 Å². The number of anilines is 3. The first kappa shape index (κ1) is 13.0. The topological polar surface area (TPSA) is 41.1 Å². The Balaban J connectivity index is 2.21. The molecular formula is C14H12F2N2O. The van der Waals surface area contributed by atoms with E-state index in [-0.39, 0.29) is 11.6 Å². The lowest BCUT2D eigenvalue weighted by atomic mass is 10.2. The van der Waals surface area contributed by atoms with Gasteiger partial charge in [-0.1, -0.05) is 6.07 Å². The highest BCUT2D eigenvalue weighted by Gasteiger charge is 2.04. The molecule has 0 unspecified atom stereocenters. The molecule has 2 aromatic rings. The van der Waals surface area contributed by atoms with Crippen LogP contribution in [-0.2, 0) is 4.79 Å². The zero-order valence-corrected chi connectivity index (χ0v) is 10.2. The Labute approximate surface area is 109 Å². The molecule has 0 saturated carbocycles. The number of carbonyl (C=O) groups excluding carboxylic acids is 1. The van der Waals surface area contributed by atoms with Crippen LogP contribution in [0.3, 0.4) is 0 Å². The predicted octanol–water partition coefficient (Wildman–Crippen LogP) is 3.67. The normalized spacial score (nSPS) is 10.1. The van der Waals surface area contributed by atoms with Crippen molar-refractivity contribution < 1.29 is 13.6 Å². The molecule has 2 aromatic carbocycles. The second kappa shape index (κ2) is 5.48. The van der Waals surface area contributed by atoms with Crippen LogP contribution in [0, 0.1) is 11.6 Å². The molecule has 98 valence electrons. The van der Waals surface area contributed by atoms with Gasteiger partial charge in [0.25, 0.3) is 0 Å². The standard InChI is InChI=1S/C14H12F2N2O/c1-9(19)17-11-3-2-4-12(8-11)18-14-6-5-10(15)7-13(14)16/h2-8,18H,1H3,(H,17,19). The SMILES string of the molecule is CC(=O)Nc1cccc(Nc2ccc(F)cc2F)c1. The van der Waals surface area contributed by atoms with Crippen molar-refractivity contribution in [1.29, 1.82) is 0 Å². The molecule has 0 spiro atoms. The molecule has 0 saturated heterocycles. The van der Waals surface area contributed by atoms with E-state index in [0.717, 1.165) is 6.07 Å². The quantitative estimate of drug-likeness (QED) is 0.886. The smallest absolute Gasteiger partial charge is 0.221 e. The minimum Gasteiger partial charge on any atom is -0.353 e. The molecule has 3 nitrogen and oxygen atoms in total. The molecule has 0 radical (unpaired) electrons. The number of nitrogens with one attached hydrogen (secondary N) is 2. The maximum absolute atomic E-state index is 13.5. The Bertz CT molecular complexity index is 614. The Morgan fingerprint density at radius 2 is 1.79 bits per heavy atom. The van der Waals surface area contributed by atoms with Gasteiger partial charge in [-0.25, -0.2) is 8.78 Å². The molecule has 2 N–H and O–H groups in total. The van der Waals surface area contributed by atoms with Gasteiger partial charge in [0.15, 0.2) is 0 Å². The Hall–Kier alpha value is -2.43. The molecule has 2 rings (SSSR count). The Morgan fingerprint density at radius 1 is 1.05 bits per heavy atom. The summed E-state index contributed by atoms with van der Waals surface area (Å²) in [6, 6.07) is 10.1. The fourth-order valence-electron chi connectivity index (χ4n) is 1.62. The Morgan fingerprint density at radius 3 is 2.47 bits per heavy atom. The second-order valence-corrected chi connectivity index (χ2v) is 4.01. The van der Waals surface area contributed by atoms with E-state index in [4.69, 9.17) is 0 Å². The molecule has 0 bridgehead atoms. The highest BCUT2D eigenvalue weighted by atomic mass is 19.1. The third kappa shape index (κ3) is 3.51. The number of hydrogen-bond acceptors (Lipinski definition) is 2. The zero-order chi connectivity index (χ0) is 13.8. The number of carbonyl (C=O) groups is 1. The average molecular weight is 262 g/mol. The van der Waals surface area contributed by atoms with Crippen molar-refractivity contribution in [2.24, 2.45) is 0 Å². The number of benzene rings is 2. The second-order valence-electron chi connectivity index (χ2n) is 4.01. The maximum atomic E-state index is 13.5. The van der Waals surface area contributed by atoms with Gasteiger partial charge in [-0.15, -0.1) is 0 Å². The molecule has 5 heteroatoms. The first-order chi connectivity index (χ1) is 9.04. The van der Waals surface area contributed by atoms with E-state index in [1.54, 1.807) is 24.3 Å². The number of rotatable bonds is 3. The summed E-state index contributed by atoms with van der Waals surface area (Å²) in [6.45, 7) is 1.40.